The molecule has 2 N–H and O–H groups in total. The van der Waals surface area contributed by atoms with Gasteiger partial charge in [0.1, 0.15) is 0 Å². The van der Waals surface area contributed by atoms with Crippen molar-refractivity contribution in [3.8, 4) is 0 Å². The first-order valence-corrected chi connectivity index (χ1v) is 8.51. The lowest BCUT2D eigenvalue weighted by Gasteiger charge is -2.10. The molecular weight excluding hydrogens is 411 g/mol. The van der Waals surface area contributed by atoms with Gasteiger partial charge in [-0.3, -0.25) is 4.99 Å². The summed E-state index contributed by atoms with van der Waals surface area (Å²) in [6, 6.07) is 0. The molecular formula is C15H29IN4OS. The zero-order valence-electron chi connectivity index (χ0n) is 14.1. The highest BCUT2D eigenvalue weighted by molar-refractivity contribution is 14.0. The van der Waals surface area contributed by atoms with Gasteiger partial charge in [0, 0.05) is 44.1 Å². The highest BCUT2D eigenvalue weighted by Crippen LogP contribution is 2.16. The Labute approximate surface area is 155 Å². The molecule has 0 radical (unpaired) electrons. The minimum absolute atomic E-state index is 0. The molecule has 22 heavy (non-hydrogen) atoms. The van der Waals surface area contributed by atoms with Gasteiger partial charge in [-0.05, 0) is 34.1 Å². The van der Waals surface area contributed by atoms with E-state index >= 15 is 0 Å². The maximum atomic E-state index is 5.31. The van der Waals surface area contributed by atoms with Gasteiger partial charge in [-0.2, -0.15) is 0 Å². The van der Waals surface area contributed by atoms with E-state index in [1.54, 1.807) is 11.3 Å². The Balaban J connectivity index is 0.00000441. The Morgan fingerprint density at radius 1 is 1.27 bits per heavy atom. The van der Waals surface area contributed by atoms with Crippen LogP contribution >= 0.6 is 35.3 Å². The molecule has 0 fully saturated rings. The third-order valence-corrected chi connectivity index (χ3v) is 4.10. The molecule has 7 heteroatoms. The second kappa shape index (κ2) is 13.1. The predicted octanol–water partition coefficient (Wildman–Crippen LogP) is 2.90. The summed E-state index contributed by atoms with van der Waals surface area (Å²) in [5.74, 6) is 0.874. The molecule has 0 saturated carbocycles. The largest absolute Gasteiger partial charge is 0.382 e. The van der Waals surface area contributed by atoms with Crippen LogP contribution in [0.5, 0.6) is 0 Å². The quantitative estimate of drug-likeness (QED) is 0.268. The van der Waals surface area contributed by atoms with Gasteiger partial charge in [-0.25, -0.2) is 4.98 Å². The number of aliphatic imine (C=N–C) groups is 1. The van der Waals surface area contributed by atoms with Crippen LogP contribution in [0.15, 0.2) is 4.99 Å². The number of guanidine groups is 1. The number of thiazole rings is 1. The Hall–Kier alpha value is -0.410. The summed E-state index contributed by atoms with van der Waals surface area (Å²) < 4.78 is 5.31. The van der Waals surface area contributed by atoms with Crippen LogP contribution < -0.4 is 10.6 Å². The predicted molar refractivity (Wildman–Crippen MR) is 106 cm³/mol. The van der Waals surface area contributed by atoms with Crippen molar-refractivity contribution < 1.29 is 4.74 Å². The normalized spacial score (nSPS) is 11.2. The Bertz CT molecular complexity index is 418. The molecule has 0 saturated heterocycles. The topological polar surface area (TPSA) is 58.5 Å². The number of aromatic nitrogens is 1. The van der Waals surface area contributed by atoms with Crippen molar-refractivity contribution in [3.05, 3.63) is 15.6 Å². The lowest BCUT2D eigenvalue weighted by Crippen LogP contribution is -2.38. The Kier molecular flexibility index (Phi) is 12.8. The van der Waals surface area contributed by atoms with Crippen molar-refractivity contribution in [3.63, 3.8) is 0 Å². The monoisotopic (exact) mass is 440 g/mol. The standard InChI is InChI=1S/C15H28N4OS.HI/c1-5-16-15(17-9-7-11-20-6-2)18-10-8-14-19-12(3)13(4)21-14;/h5-11H2,1-4H3,(H2,16,17,18);1H. The molecule has 0 aliphatic rings. The van der Waals surface area contributed by atoms with Crippen LogP contribution in [0, 0.1) is 13.8 Å². The van der Waals surface area contributed by atoms with E-state index in [4.69, 9.17) is 4.74 Å². The summed E-state index contributed by atoms with van der Waals surface area (Å²) in [6.07, 6.45) is 1.89. The van der Waals surface area contributed by atoms with Crippen LogP contribution in [0.3, 0.4) is 0 Å². The van der Waals surface area contributed by atoms with Gasteiger partial charge in [0.15, 0.2) is 5.96 Å². The van der Waals surface area contributed by atoms with Crippen molar-refractivity contribution in [2.75, 3.05) is 32.8 Å². The molecule has 1 heterocycles. The van der Waals surface area contributed by atoms with Crippen LogP contribution in [0.25, 0.3) is 0 Å². The SMILES string of the molecule is CCNC(=NCCCOCC)NCCc1nc(C)c(C)s1.I. The van der Waals surface area contributed by atoms with E-state index in [1.165, 1.54) is 9.88 Å². The fourth-order valence-electron chi connectivity index (χ4n) is 1.78. The van der Waals surface area contributed by atoms with Crippen molar-refractivity contribution in [2.24, 2.45) is 4.99 Å². The molecule has 0 amide bonds. The molecule has 0 unspecified atom stereocenters. The van der Waals surface area contributed by atoms with Crippen molar-refractivity contribution in [2.45, 2.75) is 40.5 Å². The van der Waals surface area contributed by atoms with E-state index < -0.39 is 0 Å². The maximum absolute atomic E-state index is 5.31. The zero-order valence-corrected chi connectivity index (χ0v) is 17.2. The minimum Gasteiger partial charge on any atom is -0.382 e. The van der Waals surface area contributed by atoms with Gasteiger partial charge in [0.05, 0.1) is 10.7 Å². The number of ether oxygens (including phenoxy) is 1. The van der Waals surface area contributed by atoms with Crippen molar-refractivity contribution in [1.82, 2.24) is 15.6 Å². The first-order valence-electron chi connectivity index (χ1n) is 7.70. The third kappa shape index (κ3) is 8.89. The van der Waals surface area contributed by atoms with Crippen LogP contribution in [0.4, 0.5) is 0 Å². The van der Waals surface area contributed by atoms with Gasteiger partial charge >= 0.3 is 0 Å². The van der Waals surface area contributed by atoms with Gasteiger partial charge in [0.25, 0.3) is 0 Å². The molecule has 0 aliphatic heterocycles. The van der Waals surface area contributed by atoms with Crippen molar-refractivity contribution >= 4 is 41.3 Å². The van der Waals surface area contributed by atoms with Crippen LogP contribution in [0.1, 0.15) is 35.8 Å². The number of hydrogen-bond donors (Lipinski definition) is 2. The number of rotatable bonds is 9. The molecule has 1 aromatic heterocycles. The van der Waals surface area contributed by atoms with Crippen molar-refractivity contribution in [1.29, 1.82) is 0 Å². The van der Waals surface area contributed by atoms with Gasteiger partial charge in [-0.1, -0.05) is 0 Å². The first kappa shape index (κ1) is 21.6. The van der Waals surface area contributed by atoms with E-state index in [2.05, 4.69) is 41.4 Å². The summed E-state index contributed by atoms with van der Waals surface area (Å²) in [5.41, 5.74) is 1.14. The second-order valence-electron chi connectivity index (χ2n) is 4.74. The van der Waals surface area contributed by atoms with Crippen LogP contribution in [0.2, 0.25) is 0 Å². The number of aryl methyl sites for hydroxylation is 2. The number of nitrogens with zero attached hydrogens (tertiary/aromatic N) is 2. The van der Waals surface area contributed by atoms with Gasteiger partial charge in [0.2, 0.25) is 0 Å². The number of hydrogen-bond acceptors (Lipinski definition) is 4. The average Bonchev–Trinajstić information content (AvgIpc) is 2.77. The zero-order chi connectivity index (χ0) is 15.5. The number of nitrogens with one attached hydrogen (secondary N) is 2. The molecule has 0 atom stereocenters. The summed E-state index contributed by atoms with van der Waals surface area (Å²) in [5, 5.41) is 7.80. The van der Waals surface area contributed by atoms with E-state index in [0.29, 0.717) is 0 Å². The van der Waals surface area contributed by atoms with E-state index in [-0.39, 0.29) is 24.0 Å². The molecule has 0 spiro atoms. The Morgan fingerprint density at radius 3 is 2.64 bits per heavy atom. The molecule has 0 aromatic carbocycles. The fraction of sp³-hybridized carbons (Fsp3) is 0.733. The van der Waals surface area contributed by atoms with E-state index in [9.17, 15) is 0 Å². The lowest BCUT2D eigenvalue weighted by atomic mass is 10.4. The maximum Gasteiger partial charge on any atom is 0.191 e. The summed E-state index contributed by atoms with van der Waals surface area (Å²) in [7, 11) is 0. The summed E-state index contributed by atoms with van der Waals surface area (Å²) in [6.45, 7) is 12.3. The minimum atomic E-state index is 0. The van der Waals surface area contributed by atoms with Gasteiger partial charge < -0.3 is 15.4 Å². The fourth-order valence-corrected chi connectivity index (χ4v) is 2.71. The molecule has 1 aromatic rings. The molecule has 0 bridgehead atoms. The summed E-state index contributed by atoms with van der Waals surface area (Å²) >= 11 is 1.78. The third-order valence-electron chi connectivity index (χ3n) is 2.97. The molecule has 0 aliphatic carbocycles. The van der Waals surface area contributed by atoms with Crippen LogP contribution in [-0.4, -0.2) is 43.8 Å². The highest BCUT2D eigenvalue weighted by Gasteiger charge is 2.04. The van der Waals surface area contributed by atoms with Crippen LogP contribution in [-0.2, 0) is 11.2 Å². The van der Waals surface area contributed by atoms with E-state index in [0.717, 1.165) is 57.3 Å². The smallest absolute Gasteiger partial charge is 0.191 e. The lowest BCUT2D eigenvalue weighted by molar-refractivity contribution is 0.146. The molecule has 1 rings (SSSR count). The van der Waals surface area contributed by atoms with Gasteiger partial charge in [-0.15, -0.1) is 35.3 Å². The summed E-state index contributed by atoms with van der Waals surface area (Å²) in [4.78, 5) is 10.4. The highest BCUT2D eigenvalue weighted by atomic mass is 127. The first-order chi connectivity index (χ1) is 10.2. The molecule has 128 valence electrons. The second-order valence-corrected chi connectivity index (χ2v) is 6.02. The average molecular weight is 440 g/mol. The van der Waals surface area contributed by atoms with E-state index in [1.807, 2.05) is 6.92 Å². The number of halogens is 1. The molecule has 5 nitrogen and oxygen atoms in total. The Morgan fingerprint density at radius 2 is 2.05 bits per heavy atom.